The second-order valence-corrected chi connectivity index (χ2v) is 5.35. The number of carboxylic acid groups (broad SMARTS) is 1. The van der Waals surface area contributed by atoms with Gasteiger partial charge >= 0.3 is 5.97 Å². The molecule has 22 heavy (non-hydrogen) atoms. The molecule has 0 amide bonds. The lowest BCUT2D eigenvalue weighted by molar-refractivity contribution is 0.0697. The first-order valence-electron chi connectivity index (χ1n) is 7.28. The summed E-state index contributed by atoms with van der Waals surface area (Å²) in [6.45, 7) is 5.18. The standard InChI is InChI=1S/C17H18N2O3/c1-12-9-15(13-3-2-4-14(10-13)17(20)21)11-18-16(12)19-5-7-22-8-6-19/h2-4,9-11H,5-8H2,1H3,(H,20,21). The van der Waals surface area contributed by atoms with E-state index in [-0.39, 0.29) is 5.56 Å². The molecule has 1 fully saturated rings. The van der Waals surface area contributed by atoms with Gasteiger partial charge in [-0.2, -0.15) is 0 Å². The van der Waals surface area contributed by atoms with Gasteiger partial charge in [0.2, 0.25) is 0 Å². The fourth-order valence-corrected chi connectivity index (χ4v) is 2.66. The van der Waals surface area contributed by atoms with Crippen LogP contribution in [0.3, 0.4) is 0 Å². The van der Waals surface area contributed by atoms with Crippen molar-refractivity contribution in [2.45, 2.75) is 6.92 Å². The van der Waals surface area contributed by atoms with Crippen LogP contribution in [0.15, 0.2) is 36.5 Å². The van der Waals surface area contributed by atoms with Gasteiger partial charge in [-0.15, -0.1) is 0 Å². The van der Waals surface area contributed by atoms with E-state index in [1.807, 2.05) is 13.0 Å². The summed E-state index contributed by atoms with van der Waals surface area (Å²) in [5, 5.41) is 9.09. The number of pyridine rings is 1. The molecular weight excluding hydrogens is 280 g/mol. The van der Waals surface area contributed by atoms with E-state index in [0.717, 1.165) is 48.8 Å². The Hall–Kier alpha value is -2.40. The molecule has 0 atom stereocenters. The minimum absolute atomic E-state index is 0.285. The molecule has 1 aromatic carbocycles. The number of hydrogen-bond acceptors (Lipinski definition) is 4. The number of morpholine rings is 1. The van der Waals surface area contributed by atoms with Gasteiger partial charge in [0.15, 0.2) is 0 Å². The minimum Gasteiger partial charge on any atom is -0.478 e. The second-order valence-electron chi connectivity index (χ2n) is 5.35. The molecule has 0 unspecified atom stereocenters. The maximum atomic E-state index is 11.1. The number of benzene rings is 1. The van der Waals surface area contributed by atoms with E-state index >= 15 is 0 Å². The number of carboxylic acids is 1. The Bertz CT molecular complexity index is 694. The Kier molecular flexibility index (Phi) is 4.06. The second kappa shape index (κ2) is 6.15. The van der Waals surface area contributed by atoms with Crippen LogP contribution < -0.4 is 4.90 Å². The summed E-state index contributed by atoms with van der Waals surface area (Å²) in [5.41, 5.74) is 3.16. The molecular formula is C17H18N2O3. The van der Waals surface area contributed by atoms with Gasteiger partial charge in [0.1, 0.15) is 5.82 Å². The lowest BCUT2D eigenvalue weighted by Crippen LogP contribution is -2.37. The van der Waals surface area contributed by atoms with Crippen molar-refractivity contribution in [1.29, 1.82) is 0 Å². The van der Waals surface area contributed by atoms with E-state index < -0.39 is 5.97 Å². The van der Waals surface area contributed by atoms with Crippen molar-refractivity contribution in [3.05, 3.63) is 47.7 Å². The Morgan fingerprint density at radius 3 is 2.68 bits per heavy atom. The van der Waals surface area contributed by atoms with Crippen molar-refractivity contribution in [1.82, 2.24) is 4.98 Å². The highest BCUT2D eigenvalue weighted by atomic mass is 16.5. The zero-order valence-electron chi connectivity index (χ0n) is 12.5. The maximum Gasteiger partial charge on any atom is 0.335 e. The Morgan fingerprint density at radius 2 is 2.00 bits per heavy atom. The summed E-state index contributed by atoms with van der Waals surface area (Å²) in [5.74, 6) is 0.0536. The maximum absolute atomic E-state index is 11.1. The van der Waals surface area contributed by atoms with Crippen molar-refractivity contribution < 1.29 is 14.6 Å². The van der Waals surface area contributed by atoms with E-state index in [1.165, 1.54) is 0 Å². The van der Waals surface area contributed by atoms with Crippen LogP contribution in [0.2, 0.25) is 0 Å². The van der Waals surface area contributed by atoms with Crippen LogP contribution in [-0.4, -0.2) is 42.4 Å². The summed E-state index contributed by atoms with van der Waals surface area (Å²) in [6, 6.07) is 8.97. The Balaban J connectivity index is 1.91. The van der Waals surface area contributed by atoms with Gasteiger partial charge in [0.05, 0.1) is 18.8 Å². The molecule has 1 saturated heterocycles. The third kappa shape index (κ3) is 2.94. The predicted molar refractivity (Wildman–Crippen MR) is 84.4 cm³/mol. The molecule has 0 saturated carbocycles. The van der Waals surface area contributed by atoms with Crippen LogP contribution in [0.25, 0.3) is 11.1 Å². The summed E-state index contributed by atoms with van der Waals surface area (Å²) >= 11 is 0. The first kappa shape index (κ1) is 14.5. The Morgan fingerprint density at radius 1 is 1.23 bits per heavy atom. The van der Waals surface area contributed by atoms with Gasteiger partial charge in [-0.25, -0.2) is 9.78 Å². The molecule has 2 aromatic rings. The molecule has 3 rings (SSSR count). The quantitative estimate of drug-likeness (QED) is 0.943. The SMILES string of the molecule is Cc1cc(-c2cccc(C(=O)O)c2)cnc1N1CCOCC1. The van der Waals surface area contributed by atoms with Crippen molar-refractivity contribution in [3.63, 3.8) is 0 Å². The number of anilines is 1. The fraction of sp³-hybridized carbons (Fsp3) is 0.294. The Labute approximate surface area is 129 Å². The molecule has 1 aliphatic rings. The van der Waals surface area contributed by atoms with Crippen LogP contribution in [0.1, 0.15) is 15.9 Å². The van der Waals surface area contributed by atoms with Gasteiger partial charge < -0.3 is 14.7 Å². The number of hydrogen-bond donors (Lipinski definition) is 1. The number of aryl methyl sites for hydroxylation is 1. The monoisotopic (exact) mass is 298 g/mol. The lowest BCUT2D eigenvalue weighted by atomic mass is 10.0. The lowest BCUT2D eigenvalue weighted by Gasteiger charge is -2.29. The summed E-state index contributed by atoms with van der Waals surface area (Å²) in [6.07, 6.45) is 1.80. The number of nitrogens with zero attached hydrogens (tertiary/aromatic N) is 2. The highest BCUT2D eigenvalue weighted by Crippen LogP contribution is 2.25. The molecule has 114 valence electrons. The van der Waals surface area contributed by atoms with Crippen LogP contribution in [0.5, 0.6) is 0 Å². The third-order valence-corrected chi connectivity index (χ3v) is 3.80. The highest BCUT2D eigenvalue weighted by molar-refractivity contribution is 5.89. The topological polar surface area (TPSA) is 62.7 Å². The van der Waals surface area contributed by atoms with Crippen molar-refractivity contribution in [3.8, 4) is 11.1 Å². The van der Waals surface area contributed by atoms with E-state index in [0.29, 0.717) is 0 Å². The normalized spacial score (nSPS) is 14.9. The third-order valence-electron chi connectivity index (χ3n) is 3.80. The summed E-state index contributed by atoms with van der Waals surface area (Å²) in [4.78, 5) is 17.9. The van der Waals surface area contributed by atoms with Crippen LogP contribution in [0.4, 0.5) is 5.82 Å². The first-order chi connectivity index (χ1) is 10.6. The molecule has 1 aromatic heterocycles. The number of carbonyl (C=O) groups is 1. The average Bonchev–Trinajstić information content (AvgIpc) is 2.55. The number of aromatic nitrogens is 1. The molecule has 5 heteroatoms. The molecule has 0 aliphatic carbocycles. The molecule has 1 N–H and O–H groups in total. The van der Waals surface area contributed by atoms with Gasteiger partial charge in [-0.05, 0) is 36.2 Å². The van der Waals surface area contributed by atoms with Gasteiger partial charge in [0.25, 0.3) is 0 Å². The van der Waals surface area contributed by atoms with E-state index in [1.54, 1.807) is 24.4 Å². The zero-order chi connectivity index (χ0) is 15.5. The number of aromatic carboxylic acids is 1. The molecule has 0 radical (unpaired) electrons. The smallest absolute Gasteiger partial charge is 0.335 e. The zero-order valence-corrected chi connectivity index (χ0v) is 12.5. The molecule has 5 nitrogen and oxygen atoms in total. The average molecular weight is 298 g/mol. The van der Waals surface area contributed by atoms with E-state index in [4.69, 9.17) is 9.84 Å². The summed E-state index contributed by atoms with van der Waals surface area (Å²) in [7, 11) is 0. The summed E-state index contributed by atoms with van der Waals surface area (Å²) < 4.78 is 5.36. The van der Waals surface area contributed by atoms with Crippen molar-refractivity contribution in [2.75, 3.05) is 31.2 Å². The van der Waals surface area contributed by atoms with E-state index in [9.17, 15) is 4.79 Å². The molecule has 2 heterocycles. The first-order valence-corrected chi connectivity index (χ1v) is 7.28. The largest absolute Gasteiger partial charge is 0.478 e. The number of rotatable bonds is 3. The highest BCUT2D eigenvalue weighted by Gasteiger charge is 2.15. The predicted octanol–water partition coefficient (Wildman–Crippen LogP) is 2.59. The van der Waals surface area contributed by atoms with Crippen molar-refractivity contribution in [2.24, 2.45) is 0 Å². The van der Waals surface area contributed by atoms with Crippen molar-refractivity contribution >= 4 is 11.8 Å². The van der Waals surface area contributed by atoms with Gasteiger partial charge in [0, 0.05) is 24.8 Å². The molecule has 0 spiro atoms. The van der Waals surface area contributed by atoms with Crippen LogP contribution in [-0.2, 0) is 4.74 Å². The van der Waals surface area contributed by atoms with E-state index in [2.05, 4.69) is 16.0 Å². The van der Waals surface area contributed by atoms with Crippen LogP contribution in [0, 0.1) is 6.92 Å². The molecule has 0 bridgehead atoms. The minimum atomic E-state index is -0.920. The fourth-order valence-electron chi connectivity index (χ4n) is 2.66. The molecule has 1 aliphatic heterocycles. The van der Waals surface area contributed by atoms with Gasteiger partial charge in [-0.3, -0.25) is 0 Å². The van der Waals surface area contributed by atoms with Gasteiger partial charge in [-0.1, -0.05) is 12.1 Å². The number of ether oxygens (including phenoxy) is 1. The van der Waals surface area contributed by atoms with Crippen LogP contribution >= 0.6 is 0 Å².